The number of nitrogens with one attached hydrogen (secondary N) is 2. The quantitative estimate of drug-likeness (QED) is 0.391. The van der Waals surface area contributed by atoms with Crippen LogP contribution in [-0.4, -0.2) is 53.8 Å². The number of benzene rings is 2. The largest absolute Gasteiger partial charge is 0.497 e. The second-order valence-corrected chi connectivity index (χ2v) is 7.43. The van der Waals surface area contributed by atoms with Crippen LogP contribution in [0.15, 0.2) is 53.3 Å². The smallest absolute Gasteiger partial charge is 0.274 e. The average Bonchev–Trinajstić information content (AvgIpc) is 3.37. The van der Waals surface area contributed by atoms with Gasteiger partial charge in [-0.05, 0) is 30.3 Å². The highest BCUT2D eigenvalue weighted by Crippen LogP contribution is 2.32. The van der Waals surface area contributed by atoms with Gasteiger partial charge in [0.05, 0.1) is 50.7 Å². The molecule has 2 aromatic carbocycles. The molecule has 4 rings (SSSR count). The Morgan fingerprint density at radius 1 is 1.06 bits per heavy atom. The lowest BCUT2D eigenvalue weighted by Crippen LogP contribution is -2.29. The highest BCUT2D eigenvalue weighted by Gasteiger charge is 2.16. The molecule has 0 atom stereocenters. The van der Waals surface area contributed by atoms with Crippen molar-refractivity contribution < 1.29 is 19.0 Å². The van der Waals surface area contributed by atoms with E-state index in [1.54, 1.807) is 57.7 Å². The number of methoxy groups -OCH3 is 3. The predicted octanol–water partition coefficient (Wildman–Crippen LogP) is 2.38. The van der Waals surface area contributed by atoms with Crippen molar-refractivity contribution in [1.82, 2.24) is 25.3 Å². The zero-order valence-corrected chi connectivity index (χ0v) is 19.1. The zero-order chi connectivity index (χ0) is 24.1. The molecule has 0 fully saturated rings. The highest BCUT2D eigenvalue weighted by atomic mass is 16.5. The van der Waals surface area contributed by atoms with Crippen LogP contribution in [0.4, 0.5) is 0 Å². The lowest BCUT2D eigenvalue weighted by molar-refractivity contribution is 0.0945. The molecule has 176 valence electrons. The Labute approximate surface area is 195 Å². The fraction of sp³-hybridized carbons (Fsp3) is 0.250. The molecule has 0 aliphatic heterocycles. The molecule has 10 heteroatoms. The third-order valence-corrected chi connectivity index (χ3v) is 5.37. The second kappa shape index (κ2) is 10.2. The number of aromatic amines is 1. The number of fused-ring (bicyclic) bond motifs is 1. The molecule has 0 unspecified atom stereocenters. The number of amides is 1. The lowest BCUT2D eigenvalue weighted by atomic mass is 10.1. The summed E-state index contributed by atoms with van der Waals surface area (Å²) in [6.07, 6.45) is 0. The SMILES string of the molecule is COCCn1nc(CNC(=O)c2cc(-c3cc(OC)ccc3OC)n[nH]2)c2ccccc2c1=O. The van der Waals surface area contributed by atoms with E-state index in [4.69, 9.17) is 14.2 Å². The van der Waals surface area contributed by atoms with Gasteiger partial charge in [-0.3, -0.25) is 14.7 Å². The van der Waals surface area contributed by atoms with E-state index in [0.717, 1.165) is 0 Å². The molecule has 0 spiro atoms. The fourth-order valence-electron chi connectivity index (χ4n) is 3.61. The molecule has 0 radical (unpaired) electrons. The molecule has 4 aromatic rings. The number of ether oxygens (including phenoxy) is 3. The van der Waals surface area contributed by atoms with E-state index >= 15 is 0 Å². The summed E-state index contributed by atoms with van der Waals surface area (Å²) in [5.41, 5.74) is 1.88. The Kier molecular flexibility index (Phi) is 6.88. The van der Waals surface area contributed by atoms with Gasteiger partial charge in [-0.1, -0.05) is 18.2 Å². The molecule has 2 aromatic heterocycles. The molecule has 2 heterocycles. The van der Waals surface area contributed by atoms with Gasteiger partial charge in [0.15, 0.2) is 0 Å². The second-order valence-electron chi connectivity index (χ2n) is 7.43. The van der Waals surface area contributed by atoms with Crippen LogP contribution in [0.1, 0.15) is 16.2 Å². The van der Waals surface area contributed by atoms with Crippen LogP contribution in [0.2, 0.25) is 0 Å². The maximum atomic E-state index is 12.8. The Balaban J connectivity index is 1.57. The molecule has 0 saturated carbocycles. The van der Waals surface area contributed by atoms with Gasteiger partial charge in [0.1, 0.15) is 17.2 Å². The molecule has 0 aliphatic rings. The van der Waals surface area contributed by atoms with Crippen LogP contribution in [0.25, 0.3) is 22.0 Å². The topological polar surface area (TPSA) is 120 Å². The van der Waals surface area contributed by atoms with Crippen LogP contribution < -0.4 is 20.3 Å². The first-order valence-corrected chi connectivity index (χ1v) is 10.6. The number of carbonyl (C=O) groups excluding carboxylic acids is 1. The summed E-state index contributed by atoms with van der Waals surface area (Å²) in [6, 6.07) is 14.2. The number of nitrogens with zero attached hydrogens (tertiary/aromatic N) is 3. The van der Waals surface area contributed by atoms with Gasteiger partial charge in [0, 0.05) is 18.1 Å². The van der Waals surface area contributed by atoms with E-state index in [2.05, 4.69) is 20.6 Å². The third kappa shape index (κ3) is 4.62. The Hall–Kier alpha value is -4.18. The molecule has 2 N–H and O–H groups in total. The van der Waals surface area contributed by atoms with Gasteiger partial charge >= 0.3 is 0 Å². The number of carbonyl (C=O) groups is 1. The van der Waals surface area contributed by atoms with Gasteiger partial charge in [-0.15, -0.1) is 0 Å². The summed E-state index contributed by atoms with van der Waals surface area (Å²) < 4.78 is 17.1. The average molecular weight is 463 g/mol. The molecule has 0 bridgehead atoms. The van der Waals surface area contributed by atoms with Gasteiger partial charge in [-0.25, -0.2) is 4.68 Å². The maximum Gasteiger partial charge on any atom is 0.274 e. The summed E-state index contributed by atoms with van der Waals surface area (Å²) in [6.45, 7) is 0.790. The number of aromatic nitrogens is 4. The lowest BCUT2D eigenvalue weighted by Gasteiger charge is -2.11. The standard InChI is InChI=1S/C24H25N5O5/c1-32-11-10-29-24(31)17-7-5-4-6-16(17)21(28-29)14-25-23(30)20-13-19(26-27-20)18-12-15(33-2)8-9-22(18)34-3/h4-9,12-13H,10-11,14H2,1-3H3,(H,25,30)(H,26,27). The van der Waals surface area contributed by atoms with E-state index in [1.807, 2.05) is 12.1 Å². The summed E-state index contributed by atoms with van der Waals surface area (Å²) in [7, 11) is 4.70. The molecule has 10 nitrogen and oxygen atoms in total. The van der Waals surface area contributed by atoms with Crippen LogP contribution in [-0.2, 0) is 17.8 Å². The van der Waals surface area contributed by atoms with Crippen molar-refractivity contribution in [3.63, 3.8) is 0 Å². The minimum absolute atomic E-state index is 0.128. The first-order chi connectivity index (χ1) is 16.5. The van der Waals surface area contributed by atoms with E-state index < -0.39 is 0 Å². The van der Waals surface area contributed by atoms with E-state index in [-0.39, 0.29) is 23.7 Å². The normalized spacial score (nSPS) is 10.9. The van der Waals surface area contributed by atoms with Crippen LogP contribution >= 0.6 is 0 Å². The summed E-state index contributed by atoms with van der Waals surface area (Å²) in [4.78, 5) is 25.6. The van der Waals surface area contributed by atoms with Crippen LogP contribution in [0, 0.1) is 0 Å². The molecule has 34 heavy (non-hydrogen) atoms. The monoisotopic (exact) mass is 463 g/mol. The number of hydrogen-bond donors (Lipinski definition) is 2. The van der Waals surface area contributed by atoms with Crippen molar-refractivity contribution in [1.29, 1.82) is 0 Å². The van der Waals surface area contributed by atoms with Crippen molar-refractivity contribution in [2.24, 2.45) is 0 Å². The zero-order valence-electron chi connectivity index (χ0n) is 19.1. The number of hydrogen-bond acceptors (Lipinski definition) is 7. The molecular weight excluding hydrogens is 438 g/mol. The fourth-order valence-corrected chi connectivity index (χ4v) is 3.61. The van der Waals surface area contributed by atoms with E-state index in [0.29, 0.717) is 52.4 Å². The van der Waals surface area contributed by atoms with E-state index in [9.17, 15) is 9.59 Å². The number of rotatable bonds is 9. The van der Waals surface area contributed by atoms with Gasteiger partial charge in [-0.2, -0.15) is 10.2 Å². The van der Waals surface area contributed by atoms with Gasteiger partial charge < -0.3 is 19.5 Å². The molecule has 1 amide bonds. The summed E-state index contributed by atoms with van der Waals surface area (Å²) >= 11 is 0. The van der Waals surface area contributed by atoms with Crippen LogP contribution in [0.3, 0.4) is 0 Å². The minimum atomic E-state index is -0.360. The van der Waals surface area contributed by atoms with Crippen molar-refractivity contribution >= 4 is 16.7 Å². The van der Waals surface area contributed by atoms with Crippen molar-refractivity contribution in [2.75, 3.05) is 27.9 Å². The number of H-pyrrole nitrogens is 1. The molecular formula is C24H25N5O5. The first kappa shape index (κ1) is 23.0. The molecule has 0 saturated heterocycles. The third-order valence-electron chi connectivity index (χ3n) is 5.37. The Morgan fingerprint density at radius 3 is 2.59 bits per heavy atom. The molecule has 0 aliphatic carbocycles. The predicted molar refractivity (Wildman–Crippen MR) is 126 cm³/mol. The summed E-state index contributed by atoms with van der Waals surface area (Å²) in [5, 5.41) is 15.5. The highest BCUT2D eigenvalue weighted by molar-refractivity contribution is 5.94. The first-order valence-electron chi connectivity index (χ1n) is 10.6. The minimum Gasteiger partial charge on any atom is -0.497 e. The van der Waals surface area contributed by atoms with Crippen molar-refractivity contribution in [3.8, 4) is 22.8 Å². The van der Waals surface area contributed by atoms with Crippen molar-refractivity contribution in [3.05, 3.63) is 70.3 Å². The van der Waals surface area contributed by atoms with Crippen LogP contribution in [0.5, 0.6) is 11.5 Å². The van der Waals surface area contributed by atoms with Gasteiger partial charge in [0.25, 0.3) is 11.5 Å². The maximum absolute atomic E-state index is 12.8. The van der Waals surface area contributed by atoms with E-state index in [1.165, 1.54) is 4.68 Å². The Morgan fingerprint density at radius 2 is 1.85 bits per heavy atom. The Bertz CT molecular complexity index is 1380. The van der Waals surface area contributed by atoms with Gasteiger partial charge in [0.2, 0.25) is 0 Å². The van der Waals surface area contributed by atoms with Crippen molar-refractivity contribution in [2.45, 2.75) is 13.1 Å². The summed E-state index contributed by atoms with van der Waals surface area (Å²) in [5.74, 6) is 0.890.